The Morgan fingerprint density at radius 2 is 2.11 bits per heavy atom. The van der Waals surface area contributed by atoms with Crippen LogP contribution in [0.3, 0.4) is 0 Å². The third kappa shape index (κ3) is 4.57. The Morgan fingerprint density at radius 1 is 1.39 bits per heavy atom. The molecule has 5 nitrogen and oxygen atoms in total. The average molecular weight is 277 g/mol. The molecule has 1 aliphatic heterocycles. The van der Waals surface area contributed by atoms with Crippen LogP contribution in [0.25, 0.3) is 0 Å². The van der Waals surface area contributed by atoms with Gasteiger partial charge in [0.1, 0.15) is 15.9 Å². The molecule has 1 fully saturated rings. The molecule has 6 heteroatoms. The molecule has 0 radical (unpaired) electrons. The fourth-order valence-electron chi connectivity index (χ4n) is 2.29. The standard InChI is InChI=1S/C12H23NO4S/c1-3-18(15,16)10-6-9-13-8-5-4-7-11(13)12(14)17-2/h11H,3-10H2,1-2H3/t11-/m1/s1. The van der Waals surface area contributed by atoms with Crippen molar-refractivity contribution in [3.05, 3.63) is 0 Å². The summed E-state index contributed by atoms with van der Waals surface area (Å²) >= 11 is 0. The topological polar surface area (TPSA) is 63.7 Å². The summed E-state index contributed by atoms with van der Waals surface area (Å²) in [4.78, 5) is 13.7. The lowest BCUT2D eigenvalue weighted by Gasteiger charge is -2.33. The van der Waals surface area contributed by atoms with E-state index in [9.17, 15) is 13.2 Å². The van der Waals surface area contributed by atoms with Gasteiger partial charge in [0, 0.05) is 5.75 Å². The highest BCUT2D eigenvalue weighted by molar-refractivity contribution is 7.91. The molecule has 106 valence electrons. The van der Waals surface area contributed by atoms with Crippen LogP contribution in [0, 0.1) is 0 Å². The van der Waals surface area contributed by atoms with E-state index in [1.54, 1.807) is 6.92 Å². The van der Waals surface area contributed by atoms with Gasteiger partial charge >= 0.3 is 5.97 Å². The van der Waals surface area contributed by atoms with Gasteiger partial charge in [-0.1, -0.05) is 13.3 Å². The summed E-state index contributed by atoms with van der Waals surface area (Å²) in [6.45, 7) is 3.17. The van der Waals surface area contributed by atoms with Gasteiger partial charge in [0.2, 0.25) is 0 Å². The second-order valence-electron chi connectivity index (χ2n) is 4.66. The molecular formula is C12H23NO4S. The van der Waals surface area contributed by atoms with Crippen molar-refractivity contribution in [2.75, 3.05) is 31.7 Å². The summed E-state index contributed by atoms with van der Waals surface area (Å²) in [7, 11) is -1.51. The fourth-order valence-corrected chi connectivity index (χ4v) is 3.15. The third-order valence-corrected chi connectivity index (χ3v) is 5.22. The maximum Gasteiger partial charge on any atom is 0.323 e. The minimum Gasteiger partial charge on any atom is -0.468 e. The smallest absolute Gasteiger partial charge is 0.323 e. The van der Waals surface area contributed by atoms with Crippen LogP contribution in [0.5, 0.6) is 0 Å². The number of esters is 1. The summed E-state index contributed by atoms with van der Waals surface area (Å²) in [6.07, 6.45) is 3.49. The Hall–Kier alpha value is -0.620. The zero-order chi connectivity index (χ0) is 13.6. The van der Waals surface area contributed by atoms with Gasteiger partial charge < -0.3 is 4.74 Å². The van der Waals surface area contributed by atoms with Crippen LogP contribution < -0.4 is 0 Å². The number of hydrogen-bond donors (Lipinski definition) is 0. The van der Waals surface area contributed by atoms with Crippen LogP contribution in [0.4, 0.5) is 0 Å². The predicted octanol–water partition coefficient (Wildman–Crippen LogP) is 0.839. The fraction of sp³-hybridized carbons (Fsp3) is 0.917. The van der Waals surface area contributed by atoms with E-state index >= 15 is 0 Å². The molecule has 1 rings (SSSR count). The molecule has 1 atom stereocenters. The molecule has 0 spiro atoms. The van der Waals surface area contributed by atoms with Crippen molar-refractivity contribution in [1.82, 2.24) is 4.90 Å². The molecule has 0 unspecified atom stereocenters. The van der Waals surface area contributed by atoms with Gasteiger partial charge in [-0.25, -0.2) is 8.42 Å². The van der Waals surface area contributed by atoms with Crippen LogP contribution in [0.15, 0.2) is 0 Å². The highest BCUT2D eigenvalue weighted by atomic mass is 32.2. The number of sulfone groups is 1. The summed E-state index contributed by atoms with van der Waals surface area (Å²) in [6, 6.07) is -0.187. The van der Waals surface area contributed by atoms with E-state index in [4.69, 9.17) is 4.74 Å². The van der Waals surface area contributed by atoms with E-state index in [0.29, 0.717) is 13.0 Å². The van der Waals surface area contributed by atoms with E-state index in [1.807, 2.05) is 0 Å². The van der Waals surface area contributed by atoms with Crippen molar-refractivity contribution < 1.29 is 17.9 Å². The minimum absolute atomic E-state index is 0.187. The van der Waals surface area contributed by atoms with Gasteiger partial charge in [-0.05, 0) is 32.4 Å². The number of rotatable bonds is 6. The number of hydrogen-bond acceptors (Lipinski definition) is 5. The van der Waals surface area contributed by atoms with Crippen molar-refractivity contribution in [2.24, 2.45) is 0 Å². The van der Waals surface area contributed by atoms with Crippen LogP contribution in [0.1, 0.15) is 32.6 Å². The molecule has 0 aromatic heterocycles. The van der Waals surface area contributed by atoms with Crippen molar-refractivity contribution in [3.63, 3.8) is 0 Å². The number of ether oxygens (including phenoxy) is 1. The molecular weight excluding hydrogens is 254 g/mol. The lowest BCUT2D eigenvalue weighted by molar-refractivity contribution is -0.148. The molecule has 0 aliphatic carbocycles. The third-order valence-electron chi connectivity index (χ3n) is 3.43. The lowest BCUT2D eigenvalue weighted by atomic mass is 10.0. The normalized spacial score (nSPS) is 21.8. The number of nitrogens with zero attached hydrogens (tertiary/aromatic N) is 1. The van der Waals surface area contributed by atoms with Crippen LogP contribution in [-0.2, 0) is 19.4 Å². The molecule has 1 saturated heterocycles. The Morgan fingerprint density at radius 3 is 2.72 bits per heavy atom. The molecule has 1 aliphatic rings. The van der Waals surface area contributed by atoms with E-state index in [0.717, 1.165) is 25.8 Å². The van der Waals surface area contributed by atoms with E-state index in [1.165, 1.54) is 7.11 Å². The molecule has 0 aromatic carbocycles. The Kier molecular flexibility index (Phi) is 6.08. The molecule has 1 heterocycles. The minimum atomic E-state index is -2.91. The van der Waals surface area contributed by atoms with Gasteiger partial charge in [-0.15, -0.1) is 0 Å². The SMILES string of the molecule is CCS(=O)(=O)CCCN1CCCC[C@@H]1C(=O)OC. The highest BCUT2D eigenvalue weighted by Gasteiger charge is 2.29. The maximum absolute atomic E-state index is 11.6. The van der Waals surface area contributed by atoms with Crippen LogP contribution >= 0.6 is 0 Å². The number of carbonyl (C=O) groups excluding carboxylic acids is 1. The quantitative estimate of drug-likeness (QED) is 0.673. The van der Waals surface area contributed by atoms with Gasteiger partial charge in [-0.2, -0.15) is 0 Å². The molecule has 0 N–H and O–H groups in total. The second kappa shape index (κ2) is 7.09. The zero-order valence-corrected chi connectivity index (χ0v) is 12.0. The molecule has 18 heavy (non-hydrogen) atoms. The molecule has 0 amide bonds. The van der Waals surface area contributed by atoms with Crippen LogP contribution in [0.2, 0.25) is 0 Å². The first kappa shape index (κ1) is 15.4. The summed E-state index contributed by atoms with van der Waals surface area (Å²) in [5.74, 6) is 0.189. The Labute approximate surface area is 109 Å². The van der Waals surface area contributed by atoms with Gasteiger partial charge in [0.15, 0.2) is 0 Å². The van der Waals surface area contributed by atoms with Crippen molar-refractivity contribution >= 4 is 15.8 Å². The van der Waals surface area contributed by atoms with Crippen molar-refractivity contribution in [2.45, 2.75) is 38.6 Å². The second-order valence-corrected chi connectivity index (χ2v) is 7.13. The van der Waals surface area contributed by atoms with Crippen LogP contribution in [-0.4, -0.2) is 57.0 Å². The number of methoxy groups -OCH3 is 1. The van der Waals surface area contributed by atoms with Gasteiger partial charge in [0.25, 0.3) is 0 Å². The average Bonchev–Trinajstić information content (AvgIpc) is 2.38. The zero-order valence-electron chi connectivity index (χ0n) is 11.2. The monoisotopic (exact) mass is 277 g/mol. The van der Waals surface area contributed by atoms with Crippen molar-refractivity contribution in [3.8, 4) is 0 Å². The van der Waals surface area contributed by atoms with Gasteiger partial charge in [0.05, 0.1) is 12.9 Å². The first-order chi connectivity index (χ1) is 8.50. The molecule has 0 aromatic rings. The van der Waals surface area contributed by atoms with Gasteiger partial charge in [-0.3, -0.25) is 9.69 Å². The predicted molar refractivity (Wildman–Crippen MR) is 70.2 cm³/mol. The Balaban J connectivity index is 2.45. The van der Waals surface area contributed by atoms with E-state index in [2.05, 4.69) is 4.90 Å². The molecule has 0 bridgehead atoms. The molecule has 0 saturated carbocycles. The Bertz CT molecular complexity index is 366. The lowest BCUT2D eigenvalue weighted by Crippen LogP contribution is -2.45. The van der Waals surface area contributed by atoms with E-state index < -0.39 is 9.84 Å². The van der Waals surface area contributed by atoms with E-state index in [-0.39, 0.29) is 23.5 Å². The largest absolute Gasteiger partial charge is 0.468 e. The summed E-state index contributed by atoms with van der Waals surface area (Å²) in [5, 5.41) is 0. The summed E-state index contributed by atoms with van der Waals surface area (Å²) in [5.41, 5.74) is 0. The summed E-state index contributed by atoms with van der Waals surface area (Å²) < 4.78 is 27.6. The first-order valence-corrected chi connectivity index (χ1v) is 8.34. The first-order valence-electron chi connectivity index (χ1n) is 6.52. The number of likely N-dealkylation sites (tertiary alicyclic amines) is 1. The number of carbonyl (C=O) groups is 1. The van der Waals surface area contributed by atoms with Crippen molar-refractivity contribution in [1.29, 1.82) is 0 Å². The number of piperidine rings is 1. The highest BCUT2D eigenvalue weighted by Crippen LogP contribution is 2.18. The maximum atomic E-state index is 11.6.